The van der Waals surface area contributed by atoms with Crippen molar-refractivity contribution in [2.24, 2.45) is 4.36 Å². The highest BCUT2D eigenvalue weighted by molar-refractivity contribution is 9.10. The fraction of sp³-hybridized carbons (Fsp3) is 0.348. The molecule has 33 heavy (non-hydrogen) atoms. The largest absolute Gasteiger partial charge is 0.488 e. The molecule has 1 aromatic heterocycles. The second kappa shape index (κ2) is 10.9. The van der Waals surface area contributed by atoms with Crippen LogP contribution in [0, 0.1) is 0 Å². The van der Waals surface area contributed by atoms with Gasteiger partial charge < -0.3 is 14.8 Å². The van der Waals surface area contributed by atoms with Gasteiger partial charge in [0.1, 0.15) is 24.5 Å². The second-order valence-corrected chi connectivity index (χ2v) is 10.8. The van der Waals surface area contributed by atoms with Crippen LogP contribution in [0.4, 0.5) is 10.6 Å². The lowest BCUT2D eigenvalue weighted by Crippen LogP contribution is -2.11. The molecule has 0 saturated heterocycles. The summed E-state index contributed by atoms with van der Waals surface area (Å²) in [7, 11) is -2.92. The van der Waals surface area contributed by atoms with Crippen molar-refractivity contribution in [1.29, 1.82) is 0 Å². The molecule has 0 aliphatic rings. The van der Waals surface area contributed by atoms with Gasteiger partial charge in [-0.2, -0.15) is 0 Å². The van der Waals surface area contributed by atoms with Crippen LogP contribution >= 0.6 is 15.9 Å². The maximum absolute atomic E-state index is 13.2. The predicted octanol–water partition coefficient (Wildman–Crippen LogP) is 5.79. The molecule has 1 atom stereocenters. The van der Waals surface area contributed by atoms with Crippen molar-refractivity contribution in [3.8, 4) is 5.75 Å². The maximum Gasteiger partial charge on any atom is 0.442 e. The molecule has 0 radical (unpaired) electrons. The maximum atomic E-state index is 13.2. The minimum absolute atomic E-state index is 0.177. The van der Waals surface area contributed by atoms with Gasteiger partial charge in [-0.3, -0.25) is 0 Å². The number of halogens is 1. The Morgan fingerprint density at radius 2 is 2.00 bits per heavy atom. The summed E-state index contributed by atoms with van der Waals surface area (Å²) in [5, 5.41) is 4.20. The topological polar surface area (TPSA) is 103 Å². The molecule has 0 bridgehead atoms. The number of anilines is 1. The summed E-state index contributed by atoms with van der Waals surface area (Å²) >= 11 is 3.57. The lowest BCUT2D eigenvalue weighted by Gasteiger charge is -2.14. The monoisotopic (exact) mass is 534 g/mol. The minimum atomic E-state index is -2.92. The number of nitrogens with one attached hydrogen (secondary N) is 1. The van der Waals surface area contributed by atoms with Crippen molar-refractivity contribution in [2.75, 3.05) is 17.7 Å². The van der Waals surface area contributed by atoms with Gasteiger partial charge >= 0.3 is 6.09 Å². The van der Waals surface area contributed by atoms with Crippen molar-refractivity contribution in [3.63, 3.8) is 0 Å². The van der Waals surface area contributed by atoms with Gasteiger partial charge in [0.15, 0.2) is 0 Å². The van der Waals surface area contributed by atoms with Crippen molar-refractivity contribution in [2.45, 2.75) is 45.2 Å². The van der Waals surface area contributed by atoms with Crippen LogP contribution in [-0.4, -0.2) is 38.7 Å². The number of rotatable bonds is 8. The van der Waals surface area contributed by atoms with Crippen LogP contribution in [0.15, 0.2) is 56.5 Å². The average molecular weight is 535 g/mol. The number of carbonyl (C=O) groups is 1. The molecule has 3 aromatic rings. The van der Waals surface area contributed by atoms with Gasteiger partial charge in [0.05, 0.1) is 26.3 Å². The molecule has 1 amide bonds. The first-order valence-corrected chi connectivity index (χ1v) is 13.1. The van der Waals surface area contributed by atoms with Crippen molar-refractivity contribution >= 4 is 48.5 Å². The van der Waals surface area contributed by atoms with Crippen LogP contribution in [-0.2, 0) is 21.1 Å². The number of benzene rings is 2. The molecule has 2 aromatic carbocycles. The quantitative estimate of drug-likeness (QED) is 0.389. The average Bonchev–Trinajstić information content (AvgIpc) is 2.78. The van der Waals surface area contributed by atoms with E-state index in [9.17, 15) is 9.00 Å². The van der Waals surface area contributed by atoms with E-state index in [-0.39, 0.29) is 25.0 Å². The van der Waals surface area contributed by atoms with Gasteiger partial charge in [-0.05, 0) is 60.5 Å². The molecule has 1 unspecified atom stereocenters. The molecule has 1 heterocycles. The minimum Gasteiger partial charge on any atom is -0.488 e. The third-order valence-corrected chi connectivity index (χ3v) is 7.49. The Bertz CT molecular complexity index is 1270. The van der Waals surface area contributed by atoms with E-state index in [1.54, 1.807) is 32.0 Å². The standard InChI is InChI=1S/C23H27BrN4O4S/c1-5-31-23(29)28-33(30,6-2)17-9-7-8-16(10-17)13-32-21-12-20-18(11-19(21)24)22(26-14-25-20)27-15(3)4/h7-12,14-15H,5-6,13H2,1-4H3,(H,25,26,27). The smallest absolute Gasteiger partial charge is 0.442 e. The van der Waals surface area contributed by atoms with Gasteiger partial charge in [0.25, 0.3) is 0 Å². The summed E-state index contributed by atoms with van der Waals surface area (Å²) in [6.07, 6.45) is 0.696. The SMILES string of the molecule is CCOC(=O)N=S(=O)(CC)c1cccc(COc2cc3ncnc(NC(C)C)c3cc2Br)c1. The van der Waals surface area contributed by atoms with Gasteiger partial charge in [-0.15, -0.1) is 4.36 Å². The molecular weight excluding hydrogens is 508 g/mol. The fourth-order valence-corrected chi connectivity index (χ4v) is 5.05. The third-order valence-electron chi connectivity index (χ3n) is 4.66. The predicted molar refractivity (Wildman–Crippen MR) is 133 cm³/mol. The van der Waals surface area contributed by atoms with Crippen LogP contribution < -0.4 is 10.1 Å². The first kappa shape index (κ1) is 24.9. The highest BCUT2D eigenvalue weighted by Gasteiger charge is 2.15. The van der Waals surface area contributed by atoms with Crippen molar-refractivity contribution < 1.29 is 18.5 Å². The number of hydrogen-bond donors (Lipinski definition) is 1. The summed E-state index contributed by atoms with van der Waals surface area (Å²) in [4.78, 5) is 21.0. The summed E-state index contributed by atoms with van der Waals surface area (Å²) in [5.41, 5.74) is 1.55. The molecule has 8 nitrogen and oxygen atoms in total. The molecule has 1 N–H and O–H groups in total. The third kappa shape index (κ3) is 6.20. The zero-order valence-corrected chi connectivity index (χ0v) is 21.4. The van der Waals surface area contributed by atoms with Crippen LogP contribution in [0.1, 0.15) is 33.3 Å². The Kier molecular flexibility index (Phi) is 8.25. The van der Waals surface area contributed by atoms with Gasteiger partial charge in [0, 0.05) is 28.1 Å². The van der Waals surface area contributed by atoms with E-state index in [0.717, 1.165) is 26.8 Å². The normalized spacial score (nSPS) is 12.9. The van der Waals surface area contributed by atoms with E-state index in [2.05, 4.69) is 35.6 Å². The van der Waals surface area contributed by atoms with Gasteiger partial charge in [-0.1, -0.05) is 19.1 Å². The number of carbonyl (C=O) groups excluding carboxylic acids is 1. The number of hydrogen-bond acceptors (Lipinski definition) is 7. The Labute approximate surface area is 202 Å². The highest BCUT2D eigenvalue weighted by Crippen LogP contribution is 2.33. The lowest BCUT2D eigenvalue weighted by atomic mass is 10.2. The van der Waals surface area contributed by atoms with E-state index in [1.165, 1.54) is 6.33 Å². The first-order valence-electron chi connectivity index (χ1n) is 10.6. The van der Waals surface area contributed by atoms with Crippen LogP contribution in [0.2, 0.25) is 0 Å². The number of fused-ring (bicyclic) bond motifs is 1. The highest BCUT2D eigenvalue weighted by atomic mass is 79.9. The molecular formula is C23H27BrN4O4S. The van der Waals surface area contributed by atoms with E-state index in [4.69, 9.17) is 9.47 Å². The van der Waals surface area contributed by atoms with E-state index in [0.29, 0.717) is 10.6 Å². The number of amides is 1. The number of nitrogens with zero attached hydrogens (tertiary/aromatic N) is 3. The molecule has 176 valence electrons. The Hall–Kier alpha value is -2.72. The van der Waals surface area contributed by atoms with Crippen molar-refractivity contribution in [1.82, 2.24) is 9.97 Å². The van der Waals surface area contributed by atoms with Gasteiger partial charge in [0.2, 0.25) is 0 Å². The Morgan fingerprint density at radius 1 is 1.21 bits per heavy atom. The summed E-state index contributed by atoms with van der Waals surface area (Å²) in [6.45, 7) is 7.91. The summed E-state index contributed by atoms with van der Waals surface area (Å²) in [5.74, 6) is 1.57. The summed E-state index contributed by atoms with van der Waals surface area (Å²) < 4.78 is 28.7. The van der Waals surface area contributed by atoms with Gasteiger partial charge in [-0.25, -0.2) is 19.0 Å². The lowest BCUT2D eigenvalue weighted by molar-refractivity contribution is 0.164. The molecule has 0 fully saturated rings. The summed E-state index contributed by atoms with van der Waals surface area (Å²) in [6, 6.07) is 11.1. The zero-order chi connectivity index (χ0) is 24.0. The molecule has 0 aliphatic carbocycles. The van der Waals surface area contributed by atoms with Crippen molar-refractivity contribution in [3.05, 3.63) is 52.8 Å². The molecule has 0 saturated carbocycles. The molecule has 0 aliphatic heterocycles. The van der Waals surface area contributed by atoms with E-state index in [1.807, 2.05) is 32.0 Å². The fourth-order valence-electron chi connectivity index (χ4n) is 3.11. The Balaban J connectivity index is 1.85. The molecule has 3 rings (SSSR count). The molecule has 0 spiro atoms. The Morgan fingerprint density at radius 3 is 2.70 bits per heavy atom. The zero-order valence-electron chi connectivity index (χ0n) is 19.0. The number of aromatic nitrogens is 2. The molecule has 10 heteroatoms. The second-order valence-electron chi connectivity index (χ2n) is 7.48. The first-order chi connectivity index (χ1) is 15.8. The van der Waals surface area contributed by atoms with E-state index < -0.39 is 15.8 Å². The van der Waals surface area contributed by atoms with Crippen LogP contribution in [0.5, 0.6) is 5.75 Å². The number of ether oxygens (including phenoxy) is 2. The van der Waals surface area contributed by atoms with Crippen LogP contribution in [0.3, 0.4) is 0 Å². The van der Waals surface area contributed by atoms with Crippen LogP contribution in [0.25, 0.3) is 10.9 Å². The van der Waals surface area contributed by atoms with E-state index >= 15 is 0 Å².